The number of amides is 1. The summed E-state index contributed by atoms with van der Waals surface area (Å²) in [5.74, 6) is 0.479. The van der Waals surface area contributed by atoms with E-state index in [0.717, 1.165) is 6.42 Å². The molecular formula is C14H20N2O2. The molecule has 1 saturated heterocycles. The number of carbonyl (C=O) groups excluding carboxylic acids is 1. The molecule has 0 spiro atoms. The van der Waals surface area contributed by atoms with Crippen molar-refractivity contribution in [1.82, 2.24) is 9.88 Å². The van der Waals surface area contributed by atoms with Crippen molar-refractivity contribution in [1.29, 1.82) is 0 Å². The maximum Gasteiger partial charge on any atom is 0.272 e. The lowest BCUT2D eigenvalue weighted by atomic mass is 9.99. The first-order valence-corrected chi connectivity index (χ1v) is 6.55. The molecule has 0 radical (unpaired) electrons. The molecule has 1 amide bonds. The largest absolute Gasteiger partial charge is 0.378 e. The van der Waals surface area contributed by atoms with Crippen LogP contribution in [0.15, 0.2) is 18.3 Å². The molecule has 0 N–H and O–H groups in total. The van der Waals surface area contributed by atoms with E-state index in [2.05, 4.69) is 18.8 Å². The number of hydrogen-bond acceptors (Lipinski definition) is 3. The predicted octanol–water partition coefficient (Wildman–Crippen LogP) is 2.07. The van der Waals surface area contributed by atoms with Gasteiger partial charge in [-0.2, -0.15) is 0 Å². The van der Waals surface area contributed by atoms with Crippen LogP contribution >= 0.6 is 0 Å². The minimum atomic E-state index is 0.0171. The monoisotopic (exact) mass is 248 g/mol. The number of pyridine rings is 1. The topological polar surface area (TPSA) is 42.4 Å². The fraction of sp³-hybridized carbons (Fsp3) is 0.571. The Kier molecular flexibility index (Phi) is 4.31. The fourth-order valence-corrected chi connectivity index (χ4v) is 2.03. The Morgan fingerprint density at radius 3 is 2.89 bits per heavy atom. The molecule has 1 aromatic rings. The van der Waals surface area contributed by atoms with Gasteiger partial charge < -0.3 is 9.64 Å². The third-order valence-electron chi connectivity index (χ3n) is 3.48. The van der Waals surface area contributed by atoms with Crippen molar-refractivity contribution in [2.75, 3.05) is 26.3 Å². The van der Waals surface area contributed by atoms with Gasteiger partial charge >= 0.3 is 0 Å². The smallest absolute Gasteiger partial charge is 0.272 e. The van der Waals surface area contributed by atoms with E-state index in [0.29, 0.717) is 37.9 Å². The van der Waals surface area contributed by atoms with Crippen LogP contribution in [-0.4, -0.2) is 42.1 Å². The number of morpholine rings is 1. The van der Waals surface area contributed by atoms with E-state index in [9.17, 15) is 4.79 Å². The van der Waals surface area contributed by atoms with E-state index < -0.39 is 0 Å². The summed E-state index contributed by atoms with van der Waals surface area (Å²) in [5.41, 5.74) is 1.74. The molecular weight excluding hydrogens is 228 g/mol. The summed E-state index contributed by atoms with van der Waals surface area (Å²) in [5, 5.41) is 0. The molecule has 0 saturated carbocycles. The molecule has 4 heteroatoms. The minimum absolute atomic E-state index is 0.0171. The van der Waals surface area contributed by atoms with Gasteiger partial charge in [-0.25, -0.2) is 0 Å². The van der Waals surface area contributed by atoms with Crippen molar-refractivity contribution in [3.8, 4) is 0 Å². The Morgan fingerprint density at radius 2 is 2.22 bits per heavy atom. The van der Waals surface area contributed by atoms with Crippen molar-refractivity contribution >= 4 is 5.91 Å². The third-order valence-corrected chi connectivity index (χ3v) is 3.48. The van der Waals surface area contributed by atoms with Gasteiger partial charge in [-0.1, -0.05) is 13.8 Å². The van der Waals surface area contributed by atoms with Crippen molar-refractivity contribution < 1.29 is 9.53 Å². The zero-order valence-electron chi connectivity index (χ0n) is 11.1. The van der Waals surface area contributed by atoms with Gasteiger partial charge in [0.25, 0.3) is 5.91 Å². The van der Waals surface area contributed by atoms with Gasteiger partial charge in [0.2, 0.25) is 0 Å². The third kappa shape index (κ3) is 2.88. The van der Waals surface area contributed by atoms with Gasteiger partial charge in [0.05, 0.1) is 13.2 Å². The lowest BCUT2D eigenvalue weighted by molar-refractivity contribution is 0.0299. The normalized spacial score (nSPS) is 17.6. The van der Waals surface area contributed by atoms with E-state index in [-0.39, 0.29) is 5.91 Å². The zero-order chi connectivity index (χ0) is 13.0. The first-order valence-electron chi connectivity index (χ1n) is 6.55. The molecule has 1 unspecified atom stereocenters. The van der Waals surface area contributed by atoms with E-state index >= 15 is 0 Å². The lowest BCUT2D eigenvalue weighted by Crippen LogP contribution is -2.41. The van der Waals surface area contributed by atoms with Crippen LogP contribution in [0.4, 0.5) is 0 Å². The number of rotatable bonds is 3. The first-order chi connectivity index (χ1) is 8.72. The Morgan fingerprint density at radius 1 is 1.50 bits per heavy atom. The average molecular weight is 248 g/mol. The number of nitrogens with zero attached hydrogens (tertiary/aromatic N) is 2. The Labute approximate surface area is 108 Å². The molecule has 1 aliphatic rings. The van der Waals surface area contributed by atoms with Crippen LogP contribution in [-0.2, 0) is 4.74 Å². The first kappa shape index (κ1) is 13.0. The summed E-state index contributed by atoms with van der Waals surface area (Å²) in [4.78, 5) is 18.3. The number of ether oxygens (including phenoxy) is 1. The summed E-state index contributed by atoms with van der Waals surface area (Å²) >= 11 is 0. The van der Waals surface area contributed by atoms with Gasteiger partial charge in [-0.05, 0) is 30.0 Å². The molecule has 4 nitrogen and oxygen atoms in total. The van der Waals surface area contributed by atoms with Crippen molar-refractivity contribution in [2.24, 2.45) is 0 Å². The lowest BCUT2D eigenvalue weighted by Gasteiger charge is -2.26. The quantitative estimate of drug-likeness (QED) is 0.822. The van der Waals surface area contributed by atoms with Crippen molar-refractivity contribution in [3.05, 3.63) is 29.6 Å². The molecule has 18 heavy (non-hydrogen) atoms. The zero-order valence-corrected chi connectivity index (χ0v) is 11.1. The van der Waals surface area contributed by atoms with Gasteiger partial charge in [0, 0.05) is 19.3 Å². The molecule has 0 aromatic carbocycles. The molecule has 1 aliphatic heterocycles. The van der Waals surface area contributed by atoms with Gasteiger partial charge in [0.15, 0.2) is 0 Å². The highest BCUT2D eigenvalue weighted by Gasteiger charge is 2.20. The van der Waals surface area contributed by atoms with E-state index in [1.165, 1.54) is 5.56 Å². The van der Waals surface area contributed by atoms with E-state index in [4.69, 9.17) is 4.74 Å². The number of aromatic nitrogens is 1. The minimum Gasteiger partial charge on any atom is -0.378 e. The van der Waals surface area contributed by atoms with Gasteiger partial charge in [-0.3, -0.25) is 9.78 Å². The fourth-order valence-electron chi connectivity index (χ4n) is 2.03. The van der Waals surface area contributed by atoms with Crippen LogP contribution in [0.3, 0.4) is 0 Å². The summed E-state index contributed by atoms with van der Waals surface area (Å²) < 4.78 is 5.25. The number of carbonyl (C=O) groups is 1. The predicted molar refractivity (Wildman–Crippen MR) is 69.7 cm³/mol. The summed E-state index contributed by atoms with van der Waals surface area (Å²) in [6, 6.07) is 3.91. The molecule has 1 aromatic heterocycles. The van der Waals surface area contributed by atoms with Gasteiger partial charge in [0.1, 0.15) is 5.69 Å². The van der Waals surface area contributed by atoms with E-state index in [1.54, 1.807) is 6.20 Å². The Balaban J connectivity index is 2.14. The summed E-state index contributed by atoms with van der Waals surface area (Å²) in [6.07, 6.45) is 2.80. The van der Waals surface area contributed by atoms with Crippen LogP contribution in [0, 0.1) is 0 Å². The molecule has 1 fully saturated rings. The van der Waals surface area contributed by atoms with Crippen LogP contribution in [0.1, 0.15) is 42.2 Å². The van der Waals surface area contributed by atoms with Crippen LogP contribution in [0.2, 0.25) is 0 Å². The average Bonchev–Trinajstić information content (AvgIpc) is 2.46. The SMILES string of the molecule is CCC(C)c1ccnc(C(=O)N2CCOCC2)c1. The summed E-state index contributed by atoms with van der Waals surface area (Å²) in [6.45, 7) is 6.88. The molecule has 2 heterocycles. The second-order valence-electron chi connectivity index (χ2n) is 4.69. The number of hydrogen-bond donors (Lipinski definition) is 0. The van der Waals surface area contributed by atoms with E-state index in [1.807, 2.05) is 17.0 Å². The highest BCUT2D eigenvalue weighted by molar-refractivity contribution is 5.92. The van der Waals surface area contributed by atoms with Crippen LogP contribution < -0.4 is 0 Å². The van der Waals surface area contributed by atoms with Gasteiger partial charge in [-0.15, -0.1) is 0 Å². The second-order valence-corrected chi connectivity index (χ2v) is 4.69. The van der Waals surface area contributed by atoms with Crippen LogP contribution in [0.25, 0.3) is 0 Å². The molecule has 0 aliphatic carbocycles. The highest BCUT2D eigenvalue weighted by atomic mass is 16.5. The molecule has 98 valence electrons. The van der Waals surface area contributed by atoms with Crippen molar-refractivity contribution in [3.63, 3.8) is 0 Å². The Bertz CT molecular complexity index is 414. The highest BCUT2D eigenvalue weighted by Crippen LogP contribution is 2.19. The standard InChI is InChI=1S/C14H20N2O2/c1-3-11(2)12-4-5-15-13(10-12)14(17)16-6-8-18-9-7-16/h4-5,10-11H,3,6-9H2,1-2H3. The Hall–Kier alpha value is -1.42. The molecule has 1 atom stereocenters. The maximum absolute atomic E-state index is 12.3. The van der Waals surface area contributed by atoms with Crippen molar-refractivity contribution in [2.45, 2.75) is 26.2 Å². The maximum atomic E-state index is 12.3. The van der Waals surface area contributed by atoms with Crippen LogP contribution in [0.5, 0.6) is 0 Å². The molecule has 0 bridgehead atoms. The summed E-state index contributed by atoms with van der Waals surface area (Å²) in [7, 11) is 0. The second kappa shape index (κ2) is 5.96. The molecule has 2 rings (SSSR count).